The van der Waals surface area contributed by atoms with Crippen molar-refractivity contribution in [3.05, 3.63) is 89.5 Å². The van der Waals surface area contributed by atoms with Crippen molar-refractivity contribution in [3.8, 4) is 0 Å². The maximum Gasteiger partial charge on any atom is 0.253 e. The number of sulfonamides is 1. The molecule has 1 aromatic heterocycles. The summed E-state index contributed by atoms with van der Waals surface area (Å²) < 4.78 is 29.1. The van der Waals surface area contributed by atoms with Crippen LogP contribution < -0.4 is 4.90 Å². The number of hydrogen-bond acceptors (Lipinski definition) is 6. The van der Waals surface area contributed by atoms with Gasteiger partial charge in [-0.1, -0.05) is 67.6 Å². The summed E-state index contributed by atoms with van der Waals surface area (Å²) in [6.45, 7) is 7.25. The van der Waals surface area contributed by atoms with Crippen LogP contribution in [0, 0.1) is 0 Å². The average Bonchev–Trinajstić information content (AvgIpc) is 3.41. The Kier molecular flexibility index (Phi) is 7.78. The smallest absolute Gasteiger partial charge is 0.253 e. The first-order valence-corrected chi connectivity index (χ1v) is 15.2. The summed E-state index contributed by atoms with van der Waals surface area (Å²) in [5, 5.41) is 0.999. The number of nitrogens with zero attached hydrogens (tertiary/aromatic N) is 4. The zero-order valence-corrected chi connectivity index (χ0v) is 23.3. The Labute approximate surface area is 228 Å². The molecule has 0 spiro atoms. The van der Waals surface area contributed by atoms with Crippen LogP contribution in [-0.4, -0.2) is 61.2 Å². The maximum absolute atomic E-state index is 13.2. The fraction of sp³-hybridized carbons (Fsp3) is 0.310. The quantitative estimate of drug-likeness (QED) is 0.309. The van der Waals surface area contributed by atoms with E-state index < -0.39 is 10.0 Å². The van der Waals surface area contributed by atoms with Gasteiger partial charge >= 0.3 is 0 Å². The molecule has 5 rings (SSSR count). The molecule has 38 heavy (non-hydrogen) atoms. The highest BCUT2D eigenvalue weighted by molar-refractivity contribution is 7.89. The first-order chi connectivity index (χ1) is 18.4. The van der Waals surface area contributed by atoms with Gasteiger partial charge in [0.1, 0.15) is 0 Å². The molecule has 1 saturated heterocycles. The van der Waals surface area contributed by atoms with Crippen molar-refractivity contribution in [2.45, 2.75) is 31.7 Å². The zero-order valence-electron chi connectivity index (χ0n) is 21.7. The number of aryl methyl sites for hydroxylation is 1. The Morgan fingerprint density at radius 2 is 1.63 bits per heavy atom. The SMILES string of the molecule is CCc1cccc2sc(N3CCN(C(=O)c4ccc(S(=O)(=O)N(CC)Cc5ccccc5)cc4)CC3)nc12. The second kappa shape index (κ2) is 11.2. The topological polar surface area (TPSA) is 73.8 Å². The van der Waals surface area contributed by atoms with Crippen LogP contribution in [0.25, 0.3) is 10.2 Å². The van der Waals surface area contributed by atoms with Crippen LogP contribution in [0.15, 0.2) is 77.7 Å². The molecule has 198 valence electrons. The summed E-state index contributed by atoms with van der Waals surface area (Å²) in [6.07, 6.45) is 0.951. The summed E-state index contributed by atoms with van der Waals surface area (Å²) in [6, 6.07) is 22.2. The molecule has 7 nitrogen and oxygen atoms in total. The van der Waals surface area contributed by atoms with Gasteiger partial charge in [0, 0.05) is 44.8 Å². The monoisotopic (exact) mass is 548 g/mol. The fourth-order valence-corrected chi connectivity index (χ4v) is 7.27. The highest BCUT2D eigenvalue weighted by atomic mass is 32.2. The minimum Gasteiger partial charge on any atom is -0.345 e. The third-order valence-electron chi connectivity index (χ3n) is 7.00. The van der Waals surface area contributed by atoms with Crippen LogP contribution in [0.1, 0.15) is 35.3 Å². The number of aromatic nitrogens is 1. The number of hydrogen-bond donors (Lipinski definition) is 0. The van der Waals surface area contributed by atoms with Crippen LogP contribution in [0.3, 0.4) is 0 Å². The number of piperazine rings is 1. The Morgan fingerprint density at radius 3 is 2.29 bits per heavy atom. The number of carbonyl (C=O) groups excluding carboxylic acids is 1. The molecule has 4 aromatic rings. The van der Waals surface area contributed by atoms with Gasteiger partial charge in [0.15, 0.2) is 5.13 Å². The summed E-state index contributed by atoms with van der Waals surface area (Å²) in [4.78, 5) is 22.4. The Hall–Kier alpha value is -3.27. The lowest BCUT2D eigenvalue weighted by Gasteiger charge is -2.34. The van der Waals surface area contributed by atoms with Gasteiger partial charge in [-0.05, 0) is 47.9 Å². The molecule has 0 atom stereocenters. The standard InChI is InChI=1S/C29H32N4O3S2/c1-3-23-11-8-12-26-27(23)30-29(37-26)32-19-17-31(18-20-32)28(34)24-13-15-25(16-14-24)38(35,36)33(4-2)21-22-9-6-5-7-10-22/h5-16H,3-4,17-21H2,1-2H3. The van der Waals surface area contributed by atoms with Gasteiger partial charge < -0.3 is 9.80 Å². The summed E-state index contributed by atoms with van der Waals surface area (Å²) in [5.74, 6) is -0.0807. The molecule has 0 radical (unpaired) electrons. The molecule has 1 amide bonds. The van der Waals surface area contributed by atoms with Gasteiger partial charge in [-0.15, -0.1) is 0 Å². The van der Waals surface area contributed by atoms with E-state index in [9.17, 15) is 13.2 Å². The van der Waals surface area contributed by atoms with Gasteiger partial charge in [-0.3, -0.25) is 4.79 Å². The molecule has 1 fully saturated rings. The highest BCUT2D eigenvalue weighted by Crippen LogP contribution is 2.31. The van der Waals surface area contributed by atoms with Crippen LogP contribution in [0.2, 0.25) is 0 Å². The normalized spacial score (nSPS) is 14.4. The van der Waals surface area contributed by atoms with E-state index in [1.165, 1.54) is 14.6 Å². The Balaban J connectivity index is 1.23. The van der Waals surface area contributed by atoms with E-state index in [-0.39, 0.29) is 10.8 Å². The van der Waals surface area contributed by atoms with Crippen molar-refractivity contribution >= 4 is 42.6 Å². The van der Waals surface area contributed by atoms with Crippen molar-refractivity contribution in [3.63, 3.8) is 0 Å². The number of para-hydroxylation sites is 1. The van der Waals surface area contributed by atoms with Crippen LogP contribution in [0.4, 0.5) is 5.13 Å². The lowest BCUT2D eigenvalue weighted by Crippen LogP contribution is -2.48. The van der Waals surface area contributed by atoms with E-state index >= 15 is 0 Å². The molecule has 0 N–H and O–H groups in total. The first-order valence-electron chi connectivity index (χ1n) is 13.0. The maximum atomic E-state index is 13.2. The minimum atomic E-state index is -3.67. The third-order valence-corrected chi connectivity index (χ3v) is 10.0. The molecular weight excluding hydrogens is 516 g/mol. The number of rotatable bonds is 8. The largest absolute Gasteiger partial charge is 0.345 e. The molecular formula is C29H32N4O3S2. The summed E-state index contributed by atoms with van der Waals surface area (Å²) >= 11 is 1.70. The van der Waals surface area contributed by atoms with Crippen LogP contribution in [-0.2, 0) is 23.0 Å². The average molecular weight is 549 g/mol. The van der Waals surface area contributed by atoms with Gasteiger partial charge in [0.2, 0.25) is 10.0 Å². The number of amides is 1. The molecule has 0 saturated carbocycles. The molecule has 3 aromatic carbocycles. The Bertz CT molecular complexity index is 1510. The molecule has 0 unspecified atom stereocenters. The number of fused-ring (bicyclic) bond motifs is 1. The fourth-order valence-electron chi connectivity index (χ4n) is 4.77. The van der Waals surface area contributed by atoms with Gasteiger partial charge in [0.05, 0.1) is 15.1 Å². The molecule has 9 heteroatoms. The number of carbonyl (C=O) groups is 1. The van der Waals surface area contributed by atoms with Crippen LogP contribution in [0.5, 0.6) is 0 Å². The van der Waals surface area contributed by atoms with E-state index in [4.69, 9.17) is 4.98 Å². The van der Waals surface area contributed by atoms with Crippen molar-refractivity contribution in [2.24, 2.45) is 0 Å². The van der Waals surface area contributed by atoms with Gasteiger partial charge in [-0.2, -0.15) is 4.31 Å². The number of benzene rings is 3. The predicted molar refractivity (Wildman–Crippen MR) is 153 cm³/mol. The van der Waals surface area contributed by atoms with Gasteiger partial charge in [-0.25, -0.2) is 13.4 Å². The predicted octanol–water partition coefficient (Wildman–Crippen LogP) is 5.03. The third kappa shape index (κ3) is 5.32. The van der Waals surface area contributed by atoms with Crippen LogP contribution >= 0.6 is 11.3 Å². The van der Waals surface area contributed by atoms with E-state index in [0.717, 1.165) is 22.6 Å². The summed E-state index contributed by atoms with van der Waals surface area (Å²) in [7, 11) is -3.67. The van der Waals surface area contributed by atoms with E-state index in [1.54, 1.807) is 35.6 Å². The van der Waals surface area contributed by atoms with Crippen molar-refractivity contribution in [1.29, 1.82) is 0 Å². The minimum absolute atomic E-state index is 0.0807. The second-order valence-corrected chi connectivity index (χ2v) is 12.3. The zero-order chi connectivity index (χ0) is 26.7. The second-order valence-electron chi connectivity index (χ2n) is 9.33. The molecule has 1 aliphatic rings. The van der Waals surface area contributed by atoms with Crippen molar-refractivity contribution < 1.29 is 13.2 Å². The molecule has 2 heterocycles. The summed E-state index contributed by atoms with van der Waals surface area (Å²) in [5.41, 5.74) is 3.76. The van der Waals surface area contributed by atoms with Crippen molar-refractivity contribution in [1.82, 2.24) is 14.2 Å². The van der Waals surface area contributed by atoms with Crippen molar-refractivity contribution in [2.75, 3.05) is 37.6 Å². The first kappa shape index (κ1) is 26.3. The highest BCUT2D eigenvalue weighted by Gasteiger charge is 2.26. The van der Waals surface area contributed by atoms with Gasteiger partial charge in [0.25, 0.3) is 5.91 Å². The van der Waals surface area contributed by atoms with E-state index in [2.05, 4.69) is 30.0 Å². The Morgan fingerprint density at radius 1 is 0.921 bits per heavy atom. The van der Waals surface area contributed by atoms with E-state index in [0.29, 0.717) is 44.8 Å². The molecule has 0 aliphatic carbocycles. The molecule has 0 bridgehead atoms. The number of anilines is 1. The molecule has 1 aliphatic heterocycles. The van der Waals surface area contributed by atoms with E-state index in [1.807, 2.05) is 42.2 Å². The lowest BCUT2D eigenvalue weighted by atomic mass is 10.1. The lowest BCUT2D eigenvalue weighted by molar-refractivity contribution is 0.0746. The number of thiazole rings is 1.